The van der Waals surface area contributed by atoms with Crippen LogP contribution >= 0.6 is 23.2 Å². The first-order valence-electron chi connectivity index (χ1n) is 14.1. The second-order valence-electron chi connectivity index (χ2n) is 9.87. The molecule has 1 atom stereocenters. The van der Waals surface area contributed by atoms with E-state index in [0.717, 1.165) is 6.54 Å². The molecule has 1 unspecified atom stereocenters. The van der Waals surface area contributed by atoms with Crippen molar-refractivity contribution in [3.63, 3.8) is 0 Å². The molecule has 1 aliphatic heterocycles. The van der Waals surface area contributed by atoms with Crippen molar-refractivity contribution in [2.24, 2.45) is 0 Å². The van der Waals surface area contributed by atoms with Gasteiger partial charge in [0, 0.05) is 18.8 Å². The highest BCUT2D eigenvalue weighted by atomic mass is 35.5. The Balaban J connectivity index is 1.36. The lowest BCUT2D eigenvalue weighted by Gasteiger charge is -2.31. The zero-order valence-corrected chi connectivity index (χ0v) is 26.0. The van der Waals surface area contributed by atoms with E-state index < -0.39 is 17.9 Å². The maximum atomic E-state index is 13.3. The molecular weight excluding hydrogens is 591 g/mol. The predicted octanol–water partition coefficient (Wildman–Crippen LogP) is 5.92. The van der Waals surface area contributed by atoms with E-state index in [1.54, 1.807) is 32.0 Å². The van der Waals surface area contributed by atoms with Gasteiger partial charge in [-0.1, -0.05) is 71.7 Å². The van der Waals surface area contributed by atoms with Crippen LogP contribution in [-0.4, -0.2) is 58.6 Å². The van der Waals surface area contributed by atoms with Gasteiger partial charge in [-0.3, -0.25) is 0 Å². The van der Waals surface area contributed by atoms with Gasteiger partial charge in [-0.15, -0.1) is 0 Å². The summed E-state index contributed by atoms with van der Waals surface area (Å²) in [4.78, 5) is 26.2. The third-order valence-electron chi connectivity index (χ3n) is 7.02. The summed E-state index contributed by atoms with van der Waals surface area (Å²) in [5.41, 5.74) is 3.10. The van der Waals surface area contributed by atoms with Gasteiger partial charge in [-0.2, -0.15) is 0 Å². The Kier molecular flexibility index (Phi) is 12.0. The number of ether oxygens (including phenoxy) is 4. The van der Waals surface area contributed by atoms with E-state index >= 15 is 0 Å². The van der Waals surface area contributed by atoms with Crippen LogP contribution in [0.25, 0.3) is 10.8 Å². The van der Waals surface area contributed by atoms with Gasteiger partial charge in [-0.05, 0) is 47.9 Å². The standard InChI is InChI=1S/C33H36Cl2N2O6/c1-4-43-33(39)30-27(37-21(2)28(32(38)40-3)29(30)25-10-7-11-26(34)31(25)35)20-42-17-16-41-15-14-36-19-22-12-13-23-8-5-6-9-24(23)18-22/h5-13,18,29,36-37H,4,14-17,19-20H2,1-3H3. The number of nitrogens with one attached hydrogen (secondary N) is 2. The topological polar surface area (TPSA) is 95.1 Å². The van der Waals surface area contributed by atoms with Crippen LogP contribution in [0.15, 0.2) is 83.2 Å². The molecule has 0 aliphatic carbocycles. The van der Waals surface area contributed by atoms with Gasteiger partial charge in [0.25, 0.3) is 0 Å². The van der Waals surface area contributed by atoms with Crippen molar-refractivity contribution in [2.75, 3.05) is 46.7 Å². The van der Waals surface area contributed by atoms with E-state index in [1.165, 1.54) is 23.4 Å². The summed E-state index contributed by atoms with van der Waals surface area (Å²) in [6, 6.07) is 19.8. The van der Waals surface area contributed by atoms with Gasteiger partial charge in [0.1, 0.15) is 0 Å². The van der Waals surface area contributed by atoms with Crippen LogP contribution in [-0.2, 0) is 35.1 Å². The molecule has 43 heavy (non-hydrogen) atoms. The molecule has 10 heteroatoms. The van der Waals surface area contributed by atoms with Crippen molar-refractivity contribution in [1.82, 2.24) is 10.6 Å². The molecule has 0 amide bonds. The van der Waals surface area contributed by atoms with Gasteiger partial charge in [0.15, 0.2) is 0 Å². The molecule has 228 valence electrons. The van der Waals surface area contributed by atoms with Crippen molar-refractivity contribution in [3.05, 3.63) is 104 Å². The fourth-order valence-electron chi connectivity index (χ4n) is 5.02. The summed E-state index contributed by atoms with van der Waals surface area (Å²) >= 11 is 12.9. The second-order valence-corrected chi connectivity index (χ2v) is 10.7. The Hall–Kier alpha value is -3.40. The largest absolute Gasteiger partial charge is 0.466 e. The number of benzene rings is 3. The highest BCUT2D eigenvalue weighted by molar-refractivity contribution is 6.42. The van der Waals surface area contributed by atoms with Gasteiger partial charge in [0.05, 0.1) is 73.0 Å². The maximum Gasteiger partial charge on any atom is 0.336 e. The number of methoxy groups -OCH3 is 1. The van der Waals surface area contributed by atoms with E-state index in [2.05, 4.69) is 41.0 Å². The Morgan fingerprint density at radius 3 is 2.44 bits per heavy atom. The smallest absolute Gasteiger partial charge is 0.336 e. The highest BCUT2D eigenvalue weighted by Crippen LogP contribution is 2.43. The molecule has 0 saturated carbocycles. The molecule has 0 saturated heterocycles. The molecule has 0 aromatic heterocycles. The minimum absolute atomic E-state index is 0.0538. The molecule has 0 fully saturated rings. The molecule has 8 nitrogen and oxygen atoms in total. The fourth-order valence-corrected chi connectivity index (χ4v) is 5.43. The van der Waals surface area contributed by atoms with Crippen molar-refractivity contribution < 1.29 is 28.5 Å². The zero-order chi connectivity index (χ0) is 30.8. The molecule has 1 heterocycles. The maximum absolute atomic E-state index is 13.3. The molecule has 1 aliphatic rings. The number of fused-ring (bicyclic) bond motifs is 1. The number of carbonyl (C=O) groups is 2. The molecule has 0 spiro atoms. The van der Waals surface area contributed by atoms with Gasteiger partial charge in [-0.25, -0.2) is 9.59 Å². The van der Waals surface area contributed by atoms with Crippen molar-refractivity contribution in [2.45, 2.75) is 26.3 Å². The average molecular weight is 628 g/mol. The monoisotopic (exact) mass is 626 g/mol. The minimum atomic E-state index is -0.873. The SMILES string of the molecule is CCOC(=O)C1=C(COCCOCCNCc2ccc3ccccc3c2)NC(C)=C(C(=O)OC)C1c1cccc(Cl)c1Cl. The number of esters is 2. The van der Waals surface area contributed by atoms with Gasteiger partial charge < -0.3 is 29.6 Å². The number of allylic oxidation sites excluding steroid dienone is 1. The Morgan fingerprint density at radius 1 is 0.907 bits per heavy atom. The lowest BCUT2D eigenvalue weighted by Crippen LogP contribution is -2.35. The molecule has 2 N–H and O–H groups in total. The first kappa shape index (κ1) is 32.5. The third-order valence-corrected chi connectivity index (χ3v) is 7.86. The molecule has 0 radical (unpaired) electrons. The Labute approximate surface area is 261 Å². The van der Waals surface area contributed by atoms with Crippen LogP contribution in [0, 0.1) is 0 Å². The lowest BCUT2D eigenvalue weighted by molar-refractivity contribution is -0.139. The van der Waals surface area contributed by atoms with Crippen LogP contribution in [0.4, 0.5) is 0 Å². The quantitative estimate of drug-likeness (QED) is 0.168. The molecule has 3 aromatic rings. The van der Waals surface area contributed by atoms with Gasteiger partial charge >= 0.3 is 11.9 Å². The second kappa shape index (κ2) is 15.9. The van der Waals surface area contributed by atoms with Crippen LogP contribution in [0.5, 0.6) is 0 Å². The van der Waals surface area contributed by atoms with Crippen LogP contribution in [0.3, 0.4) is 0 Å². The van der Waals surface area contributed by atoms with Gasteiger partial charge in [0.2, 0.25) is 0 Å². The summed E-state index contributed by atoms with van der Waals surface area (Å²) < 4.78 is 22.1. The van der Waals surface area contributed by atoms with E-state index in [4.69, 9.17) is 42.1 Å². The van der Waals surface area contributed by atoms with Crippen molar-refractivity contribution in [3.8, 4) is 0 Å². The minimum Gasteiger partial charge on any atom is -0.466 e. The first-order valence-corrected chi connectivity index (χ1v) is 14.8. The first-order chi connectivity index (χ1) is 20.8. The number of carbonyl (C=O) groups excluding carboxylic acids is 2. The zero-order valence-electron chi connectivity index (χ0n) is 24.5. The lowest BCUT2D eigenvalue weighted by atomic mass is 9.80. The van der Waals surface area contributed by atoms with E-state index in [-0.39, 0.29) is 29.4 Å². The van der Waals surface area contributed by atoms with Crippen molar-refractivity contribution in [1.29, 1.82) is 0 Å². The van der Waals surface area contributed by atoms with Crippen molar-refractivity contribution >= 4 is 45.9 Å². The molecule has 3 aromatic carbocycles. The molecular formula is C33H36Cl2N2O6. The van der Waals surface area contributed by atoms with Crippen LogP contribution < -0.4 is 10.6 Å². The summed E-state index contributed by atoms with van der Waals surface area (Å²) in [7, 11) is 1.28. The summed E-state index contributed by atoms with van der Waals surface area (Å²) in [5.74, 6) is -2.07. The predicted molar refractivity (Wildman–Crippen MR) is 168 cm³/mol. The average Bonchev–Trinajstić information content (AvgIpc) is 3.01. The summed E-state index contributed by atoms with van der Waals surface area (Å²) in [6.45, 7) is 6.26. The van der Waals surface area contributed by atoms with E-state index in [1.807, 2.05) is 12.1 Å². The van der Waals surface area contributed by atoms with Crippen LogP contribution in [0.2, 0.25) is 10.0 Å². The molecule has 0 bridgehead atoms. The third kappa shape index (κ3) is 8.16. The molecule has 4 rings (SSSR count). The Bertz CT molecular complexity index is 1520. The van der Waals surface area contributed by atoms with Crippen LogP contribution in [0.1, 0.15) is 30.9 Å². The number of rotatable bonds is 14. The normalized spacial score (nSPS) is 15.0. The number of hydrogen-bond acceptors (Lipinski definition) is 8. The highest BCUT2D eigenvalue weighted by Gasteiger charge is 2.40. The summed E-state index contributed by atoms with van der Waals surface area (Å²) in [5, 5.41) is 9.52. The van der Waals surface area contributed by atoms with E-state index in [9.17, 15) is 9.59 Å². The Morgan fingerprint density at radius 2 is 1.67 bits per heavy atom. The number of dihydropyridines is 1. The fraction of sp³-hybridized carbons (Fsp3) is 0.333. The number of hydrogen-bond donors (Lipinski definition) is 2. The summed E-state index contributed by atoms with van der Waals surface area (Å²) in [6.07, 6.45) is 0. The number of halogens is 2. The van der Waals surface area contributed by atoms with E-state index in [0.29, 0.717) is 48.3 Å².